The van der Waals surface area contributed by atoms with Crippen molar-refractivity contribution < 1.29 is 14.3 Å². The van der Waals surface area contributed by atoms with E-state index in [4.69, 9.17) is 9.47 Å². The number of ether oxygens (including phenoxy) is 2. The fourth-order valence-electron chi connectivity index (χ4n) is 1.37. The first kappa shape index (κ1) is 11.7. The number of hydrogen-bond acceptors (Lipinski definition) is 3. The Labute approximate surface area is 90.0 Å². The zero-order valence-corrected chi connectivity index (χ0v) is 9.16. The fourth-order valence-corrected chi connectivity index (χ4v) is 1.37. The highest BCUT2D eigenvalue weighted by atomic mass is 16.5. The maximum absolute atomic E-state index is 10.2. The quantitative estimate of drug-likeness (QED) is 0.668. The van der Waals surface area contributed by atoms with Gasteiger partial charge in [-0.2, -0.15) is 0 Å². The SMILES string of the molecule is COCCc1ccc(OCC=O)c(C)c1. The number of carbonyl (C=O) groups excluding carboxylic acids is 1. The maximum Gasteiger partial charge on any atom is 0.157 e. The number of aryl methyl sites for hydroxylation is 1. The fraction of sp³-hybridized carbons (Fsp3) is 0.417. The highest BCUT2D eigenvalue weighted by molar-refractivity contribution is 5.51. The van der Waals surface area contributed by atoms with E-state index in [1.807, 2.05) is 19.1 Å². The summed E-state index contributed by atoms with van der Waals surface area (Å²) in [6.07, 6.45) is 1.64. The molecule has 3 nitrogen and oxygen atoms in total. The monoisotopic (exact) mass is 208 g/mol. The molecule has 1 rings (SSSR count). The minimum Gasteiger partial charge on any atom is -0.486 e. The lowest BCUT2D eigenvalue weighted by atomic mass is 10.1. The van der Waals surface area contributed by atoms with Gasteiger partial charge in [0.05, 0.1) is 6.61 Å². The third kappa shape index (κ3) is 3.72. The van der Waals surface area contributed by atoms with E-state index in [9.17, 15) is 4.79 Å². The van der Waals surface area contributed by atoms with Gasteiger partial charge in [-0.25, -0.2) is 0 Å². The van der Waals surface area contributed by atoms with E-state index in [0.717, 1.165) is 24.0 Å². The molecule has 0 N–H and O–H groups in total. The van der Waals surface area contributed by atoms with Crippen molar-refractivity contribution in [1.29, 1.82) is 0 Å². The standard InChI is InChI=1S/C12H16O3/c1-10-9-11(5-7-14-2)3-4-12(10)15-8-6-13/h3-4,6,9H,5,7-8H2,1-2H3. The second kappa shape index (κ2) is 6.19. The van der Waals surface area contributed by atoms with E-state index in [0.29, 0.717) is 6.61 Å². The highest BCUT2D eigenvalue weighted by Crippen LogP contribution is 2.19. The molecule has 0 amide bonds. The average molecular weight is 208 g/mol. The van der Waals surface area contributed by atoms with Gasteiger partial charge in [0.25, 0.3) is 0 Å². The number of rotatable bonds is 6. The summed E-state index contributed by atoms with van der Waals surface area (Å²) < 4.78 is 10.2. The number of benzene rings is 1. The van der Waals surface area contributed by atoms with E-state index in [2.05, 4.69) is 6.07 Å². The molecule has 82 valence electrons. The first-order valence-electron chi connectivity index (χ1n) is 4.93. The van der Waals surface area contributed by atoms with Gasteiger partial charge in [-0.05, 0) is 30.5 Å². The summed E-state index contributed by atoms with van der Waals surface area (Å²) in [4.78, 5) is 10.2. The van der Waals surface area contributed by atoms with Crippen LogP contribution in [0, 0.1) is 6.92 Å². The summed E-state index contributed by atoms with van der Waals surface area (Å²) in [5.41, 5.74) is 2.26. The van der Waals surface area contributed by atoms with Crippen LogP contribution in [0.2, 0.25) is 0 Å². The Morgan fingerprint density at radius 2 is 2.20 bits per heavy atom. The topological polar surface area (TPSA) is 35.5 Å². The number of methoxy groups -OCH3 is 1. The van der Waals surface area contributed by atoms with Crippen LogP contribution in [-0.2, 0) is 16.0 Å². The third-order valence-electron chi connectivity index (χ3n) is 2.14. The Kier molecular flexibility index (Phi) is 4.84. The molecule has 0 aliphatic rings. The molecule has 0 aliphatic heterocycles. The minimum absolute atomic E-state index is 0.109. The highest BCUT2D eigenvalue weighted by Gasteiger charge is 2.00. The van der Waals surface area contributed by atoms with Crippen LogP contribution in [0.4, 0.5) is 0 Å². The van der Waals surface area contributed by atoms with Crippen LogP contribution in [0.25, 0.3) is 0 Å². The number of aldehydes is 1. The molecule has 1 aromatic rings. The van der Waals surface area contributed by atoms with Crippen molar-refractivity contribution in [3.05, 3.63) is 29.3 Å². The van der Waals surface area contributed by atoms with Crippen LogP contribution in [0.1, 0.15) is 11.1 Å². The molecule has 0 atom stereocenters. The number of carbonyl (C=O) groups is 1. The van der Waals surface area contributed by atoms with Gasteiger partial charge in [0.2, 0.25) is 0 Å². The number of hydrogen-bond donors (Lipinski definition) is 0. The molecule has 15 heavy (non-hydrogen) atoms. The molecule has 0 fully saturated rings. The predicted octanol–water partition coefficient (Wildman–Crippen LogP) is 1.76. The van der Waals surface area contributed by atoms with Gasteiger partial charge in [-0.3, -0.25) is 4.79 Å². The second-order valence-corrected chi connectivity index (χ2v) is 3.32. The maximum atomic E-state index is 10.2. The second-order valence-electron chi connectivity index (χ2n) is 3.32. The van der Waals surface area contributed by atoms with Crippen LogP contribution >= 0.6 is 0 Å². The van der Waals surface area contributed by atoms with Crippen molar-refractivity contribution in [2.45, 2.75) is 13.3 Å². The Morgan fingerprint density at radius 1 is 1.40 bits per heavy atom. The molecule has 0 spiro atoms. The van der Waals surface area contributed by atoms with Gasteiger partial charge in [-0.1, -0.05) is 12.1 Å². The van der Waals surface area contributed by atoms with Crippen molar-refractivity contribution in [1.82, 2.24) is 0 Å². The zero-order valence-electron chi connectivity index (χ0n) is 9.16. The van der Waals surface area contributed by atoms with E-state index >= 15 is 0 Å². The predicted molar refractivity (Wildman–Crippen MR) is 58.3 cm³/mol. The molecule has 3 heteroatoms. The van der Waals surface area contributed by atoms with Gasteiger partial charge in [0.15, 0.2) is 6.29 Å². The van der Waals surface area contributed by atoms with Crippen molar-refractivity contribution in [2.24, 2.45) is 0 Å². The van der Waals surface area contributed by atoms with Crippen molar-refractivity contribution >= 4 is 6.29 Å². The molecule has 0 radical (unpaired) electrons. The van der Waals surface area contributed by atoms with Gasteiger partial charge in [0, 0.05) is 7.11 Å². The first-order valence-corrected chi connectivity index (χ1v) is 4.93. The van der Waals surface area contributed by atoms with Crippen LogP contribution < -0.4 is 4.74 Å². The van der Waals surface area contributed by atoms with Crippen molar-refractivity contribution in [2.75, 3.05) is 20.3 Å². The lowest BCUT2D eigenvalue weighted by Crippen LogP contribution is -2.00. The molecule has 0 heterocycles. The van der Waals surface area contributed by atoms with Crippen LogP contribution in [0.3, 0.4) is 0 Å². The van der Waals surface area contributed by atoms with E-state index in [-0.39, 0.29) is 6.61 Å². The Balaban J connectivity index is 2.65. The third-order valence-corrected chi connectivity index (χ3v) is 2.14. The van der Waals surface area contributed by atoms with Crippen LogP contribution in [-0.4, -0.2) is 26.6 Å². The first-order chi connectivity index (χ1) is 7.27. The Bertz CT molecular complexity index is 321. The molecular formula is C12H16O3. The smallest absolute Gasteiger partial charge is 0.157 e. The summed E-state index contributed by atoms with van der Waals surface area (Å²) in [6, 6.07) is 5.94. The van der Waals surface area contributed by atoms with Crippen LogP contribution in [0.5, 0.6) is 5.75 Å². The molecule has 0 aliphatic carbocycles. The lowest BCUT2D eigenvalue weighted by molar-refractivity contribution is -0.109. The summed E-state index contributed by atoms with van der Waals surface area (Å²) in [5.74, 6) is 0.767. The van der Waals surface area contributed by atoms with Gasteiger partial charge >= 0.3 is 0 Å². The Morgan fingerprint density at radius 3 is 2.80 bits per heavy atom. The van der Waals surface area contributed by atoms with E-state index < -0.39 is 0 Å². The molecule has 0 aromatic heterocycles. The molecule has 0 saturated carbocycles. The normalized spacial score (nSPS) is 10.0. The zero-order chi connectivity index (χ0) is 11.1. The molecule has 0 bridgehead atoms. The lowest BCUT2D eigenvalue weighted by Gasteiger charge is -2.08. The average Bonchev–Trinajstić information content (AvgIpc) is 2.25. The minimum atomic E-state index is 0.109. The van der Waals surface area contributed by atoms with Gasteiger partial charge < -0.3 is 9.47 Å². The summed E-state index contributed by atoms with van der Waals surface area (Å²) >= 11 is 0. The Hall–Kier alpha value is -1.35. The molecule has 1 aromatic carbocycles. The van der Waals surface area contributed by atoms with Crippen molar-refractivity contribution in [3.63, 3.8) is 0 Å². The molecule has 0 unspecified atom stereocenters. The summed E-state index contributed by atoms with van der Waals surface area (Å²) in [7, 11) is 1.69. The molecule has 0 saturated heterocycles. The summed E-state index contributed by atoms with van der Waals surface area (Å²) in [6.45, 7) is 2.79. The molecular weight excluding hydrogens is 192 g/mol. The van der Waals surface area contributed by atoms with Gasteiger partial charge in [-0.15, -0.1) is 0 Å². The van der Waals surface area contributed by atoms with E-state index in [1.54, 1.807) is 7.11 Å². The van der Waals surface area contributed by atoms with Crippen LogP contribution in [0.15, 0.2) is 18.2 Å². The largest absolute Gasteiger partial charge is 0.486 e. The van der Waals surface area contributed by atoms with E-state index in [1.165, 1.54) is 5.56 Å². The van der Waals surface area contributed by atoms with Crippen molar-refractivity contribution in [3.8, 4) is 5.75 Å². The van der Waals surface area contributed by atoms with Gasteiger partial charge in [0.1, 0.15) is 12.4 Å². The summed E-state index contributed by atoms with van der Waals surface area (Å²) in [5, 5.41) is 0.